The molecule has 0 radical (unpaired) electrons. The standard InChI is InChI=1S/C21H21FN6O/c1-3-28-18-10-14(16-8-9-25-21(24)27-16)15(22)11-17(18)26-20(28)19(23)12-4-6-13(29-2)7-5-12/h4-11,19H,3,23H2,1-2H3,(H2,24,25,27). The van der Waals surface area contributed by atoms with Crippen LogP contribution < -0.4 is 16.2 Å². The van der Waals surface area contributed by atoms with Crippen LogP contribution in [0.15, 0.2) is 48.7 Å². The summed E-state index contributed by atoms with van der Waals surface area (Å²) in [5.74, 6) is 1.07. The summed E-state index contributed by atoms with van der Waals surface area (Å²) in [5, 5.41) is 0. The molecule has 8 heteroatoms. The highest BCUT2D eigenvalue weighted by Crippen LogP contribution is 2.30. The normalized spacial score (nSPS) is 12.3. The molecule has 1 unspecified atom stereocenters. The molecule has 0 amide bonds. The van der Waals surface area contributed by atoms with Crippen molar-refractivity contribution in [1.82, 2.24) is 19.5 Å². The molecule has 2 heterocycles. The van der Waals surface area contributed by atoms with E-state index >= 15 is 0 Å². The van der Waals surface area contributed by atoms with Crippen LogP contribution in [0.5, 0.6) is 5.75 Å². The van der Waals surface area contributed by atoms with Crippen molar-refractivity contribution in [2.45, 2.75) is 19.5 Å². The lowest BCUT2D eigenvalue weighted by molar-refractivity contribution is 0.414. The Balaban J connectivity index is 1.83. The number of nitrogens with zero attached hydrogens (tertiary/aromatic N) is 4. The molecule has 2 aromatic heterocycles. The van der Waals surface area contributed by atoms with Gasteiger partial charge in [-0.3, -0.25) is 0 Å². The fourth-order valence-corrected chi connectivity index (χ4v) is 3.41. The van der Waals surface area contributed by atoms with Gasteiger partial charge in [0.2, 0.25) is 5.95 Å². The number of benzene rings is 2. The van der Waals surface area contributed by atoms with Crippen molar-refractivity contribution in [3.05, 3.63) is 65.9 Å². The van der Waals surface area contributed by atoms with Crippen LogP contribution in [0.2, 0.25) is 0 Å². The van der Waals surface area contributed by atoms with Crippen molar-refractivity contribution in [2.75, 3.05) is 12.8 Å². The fraction of sp³-hybridized carbons (Fsp3) is 0.190. The second kappa shape index (κ2) is 7.48. The topological polar surface area (TPSA) is 105 Å². The van der Waals surface area contributed by atoms with E-state index in [1.54, 1.807) is 19.2 Å². The van der Waals surface area contributed by atoms with Crippen LogP contribution in [0.3, 0.4) is 0 Å². The predicted molar refractivity (Wildman–Crippen MR) is 110 cm³/mol. The maximum absolute atomic E-state index is 14.8. The molecule has 1 atom stereocenters. The lowest BCUT2D eigenvalue weighted by Crippen LogP contribution is -2.17. The molecule has 0 aliphatic heterocycles. The first-order valence-corrected chi connectivity index (χ1v) is 9.20. The predicted octanol–water partition coefficient (Wildman–Crippen LogP) is 3.29. The van der Waals surface area contributed by atoms with Crippen molar-refractivity contribution >= 4 is 17.0 Å². The van der Waals surface area contributed by atoms with Gasteiger partial charge in [-0.15, -0.1) is 0 Å². The van der Waals surface area contributed by atoms with Crippen LogP contribution in [-0.4, -0.2) is 26.6 Å². The molecule has 0 saturated carbocycles. The summed E-state index contributed by atoms with van der Waals surface area (Å²) in [5.41, 5.74) is 15.1. The minimum atomic E-state index is -0.463. The number of fused-ring (bicyclic) bond motifs is 1. The Morgan fingerprint density at radius 1 is 1.14 bits per heavy atom. The van der Waals surface area contributed by atoms with E-state index in [4.69, 9.17) is 16.2 Å². The first kappa shape index (κ1) is 18.8. The molecule has 0 spiro atoms. The number of methoxy groups -OCH3 is 1. The summed E-state index contributed by atoms with van der Waals surface area (Å²) in [6.07, 6.45) is 1.50. The van der Waals surface area contributed by atoms with Gasteiger partial charge in [-0.05, 0) is 36.8 Å². The van der Waals surface area contributed by atoms with Crippen molar-refractivity contribution in [3.8, 4) is 17.0 Å². The van der Waals surface area contributed by atoms with E-state index < -0.39 is 11.9 Å². The zero-order valence-electron chi connectivity index (χ0n) is 16.1. The van der Waals surface area contributed by atoms with Crippen LogP contribution in [0.25, 0.3) is 22.3 Å². The summed E-state index contributed by atoms with van der Waals surface area (Å²) >= 11 is 0. The number of hydrogen-bond donors (Lipinski definition) is 2. The third kappa shape index (κ3) is 3.38. The third-order valence-electron chi connectivity index (χ3n) is 4.89. The lowest BCUT2D eigenvalue weighted by atomic mass is 10.1. The second-order valence-corrected chi connectivity index (χ2v) is 6.59. The SMILES string of the molecule is CCn1c(C(N)c2ccc(OC)cc2)nc2cc(F)c(-c3ccnc(N)n3)cc21. The van der Waals surface area contributed by atoms with Crippen LogP contribution in [0.1, 0.15) is 24.4 Å². The molecule has 0 saturated heterocycles. The van der Waals surface area contributed by atoms with Gasteiger partial charge in [-0.1, -0.05) is 12.1 Å². The smallest absolute Gasteiger partial charge is 0.220 e. The number of ether oxygens (including phenoxy) is 1. The highest BCUT2D eigenvalue weighted by Gasteiger charge is 2.20. The first-order chi connectivity index (χ1) is 14.0. The number of halogens is 1. The maximum Gasteiger partial charge on any atom is 0.220 e. The number of nitrogens with two attached hydrogens (primary N) is 2. The quantitative estimate of drug-likeness (QED) is 0.540. The zero-order valence-corrected chi connectivity index (χ0v) is 16.1. The zero-order chi connectivity index (χ0) is 20.5. The van der Waals surface area contributed by atoms with Crippen LogP contribution in [0, 0.1) is 5.82 Å². The molecular weight excluding hydrogens is 371 g/mol. The van der Waals surface area contributed by atoms with Crippen LogP contribution in [-0.2, 0) is 6.54 Å². The van der Waals surface area contributed by atoms with Crippen molar-refractivity contribution in [3.63, 3.8) is 0 Å². The van der Waals surface area contributed by atoms with Gasteiger partial charge in [0.1, 0.15) is 17.4 Å². The van der Waals surface area contributed by atoms with Gasteiger partial charge in [0, 0.05) is 24.4 Å². The number of aromatic nitrogens is 4. The molecule has 0 bridgehead atoms. The van der Waals surface area contributed by atoms with E-state index in [-0.39, 0.29) is 5.95 Å². The van der Waals surface area contributed by atoms with E-state index in [0.717, 1.165) is 16.8 Å². The molecule has 2 aromatic carbocycles. The average molecular weight is 392 g/mol. The van der Waals surface area contributed by atoms with Crippen LogP contribution in [0.4, 0.5) is 10.3 Å². The fourth-order valence-electron chi connectivity index (χ4n) is 3.41. The van der Waals surface area contributed by atoms with Gasteiger partial charge >= 0.3 is 0 Å². The molecule has 7 nitrogen and oxygen atoms in total. The number of hydrogen-bond acceptors (Lipinski definition) is 6. The molecule has 0 aliphatic carbocycles. The minimum Gasteiger partial charge on any atom is -0.497 e. The molecule has 29 heavy (non-hydrogen) atoms. The number of anilines is 1. The van der Waals surface area contributed by atoms with E-state index in [2.05, 4.69) is 15.0 Å². The monoisotopic (exact) mass is 392 g/mol. The molecule has 0 fully saturated rings. The molecule has 4 N–H and O–H groups in total. The highest BCUT2D eigenvalue weighted by atomic mass is 19.1. The summed E-state index contributed by atoms with van der Waals surface area (Å²) in [6, 6.07) is 11.8. The Kier molecular flexibility index (Phi) is 4.85. The second-order valence-electron chi connectivity index (χ2n) is 6.59. The molecular formula is C21H21FN6O. The molecule has 4 rings (SSSR count). The average Bonchev–Trinajstić information content (AvgIpc) is 3.09. The van der Waals surface area contributed by atoms with Crippen LogP contribution >= 0.6 is 0 Å². The molecule has 4 aromatic rings. The Morgan fingerprint density at radius 2 is 1.90 bits per heavy atom. The van der Waals surface area contributed by atoms with Crippen molar-refractivity contribution in [1.29, 1.82) is 0 Å². The summed E-state index contributed by atoms with van der Waals surface area (Å²) < 4.78 is 22.0. The maximum atomic E-state index is 14.8. The first-order valence-electron chi connectivity index (χ1n) is 9.20. The van der Waals surface area contributed by atoms with E-state index in [1.165, 1.54) is 12.3 Å². The van der Waals surface area contributed by atoms with Gasteiger partial charge in [-0.25, -0.2) is 19.3 Å². The van der Waals surface area contributed by atoms with Gasteiger partial charge in [0.05, 0.1) is 29.9 Å². The highest BCUT2D eigenvalue weighted by molar-refractivity contribution is 5.82. The Morgan fingerprint density at radius 3 is 2.55 bits per heavy atom. The number of rotatable bonds is 5. The number of aryl methyl sites for hydroxylation is 1. The molecule has 0 aliphatic rings. The Bertz CT molecular complexity index is 1170. The largest absolute Gasteiger partial charge is 0.497 e. The third-order valence-corrected chi connectivity index (χ3v) is 4.89. The van der Waals surface area contributed by atoms with E-state index in [0.29, 0.717) is 29.1 Å². The van der Waals surface area contributed by atoms with E-state index in [9.17, 15) is 4.39 Å². The summed E-state index contributed by atoms with van der Waals surface area (Å²) in [4.78, 5) is 12.6. The van der Waals surface area contributed by atoms with Crippen molar-refractivity contribution < 1.29 is 9.13 Å². The number of imidazole rings is 1. The van der Waals surface area contributed by atoms with Gasteiger partial charge in [0.25, 0.3) is 0 Å². The van der Waals surface area contributed by atoms with Gasteiger partial charge < -0.3 is 20.8 Å². The van der Waals surface area contributed by atoms with Gasteiger partial charge in [-0.2, -0.15) is 0 Å². The Hall–Kier alpha value is -3.52. The van der Waals surface area contributed by atoms with E-state index in [1.807, 2.05) is 35.8 Å². The summed E-state index contributed by atoms with van der Waals surface area (Å²) in [6.45, 7) is 2.63. The molecule has 148 valence electrons. The lowest BCUT2D eigenvalue weighted by Gasteiger charge is -2.14. The Labute approximate surface area is 167 Å². The number of nitrogen functional groups attached to an aromatic ring is 1. The minimum absolute atomic E-state index is 0.0909. The summed E-state index contributed by atoms with van der Waals surface area (Å²) in [7, 11) is 1.61. The van der Waals surface area contributed by atoms with Gasteiger partial charge in [0.15, 0.2) is 0 Å². The van der Waals surface area contributed by atoms with Crippen molar-refractivity contribution in [2.24, 2.45) is 5.73 Å².